The molecule has 2 aliphatic heterocycles. The molecule has 0 bridgehead atoms. The average Bonchev–Trinajstić information content (AvgIpc) is 2.47. The van der Waals surface area contributed by atoms with Crippen LogP contribution in [0.4, 0.5) is 4.79 Å². The van der Waals surface area contributed by atoms with E-state index >= 15 is 0 Å². The topological polar surface area (TPSA) is 32.8 Å². The number of amides is 1. The van der Waals surface area contributed by atoms with Crippen LogP contribution < -0.4 is 0 Å². The molecule has 15 heavy (non-hydrogen) atoms. The maximum absolute atomic E-state index is 11.3. The van der Waals surface area contributed by atoms with E-state index in [0.29, 0.717) is 0 Å². The third-order valence-corrected chi connectivity index (χ3v) is 3.45. The number of hydrogen-bond acceptors (Lipinski definition) is 3. The number of likely N-dealkylation sites (tertiary alicyclic amines) is 1. The lowest BCUT2D eigenvalue weighted by molar-refractivity contribution is 0.000838. The van der Waals surface area contributed by atoms with Gasteiger partial charge in [-0.15, -0.1) is 0 Å². The zero-order valence-electron chi connectivity index (χ0n) is 9.66. The molecule has 2 rings (SSSR count). The number of carbonyl (C=O) groups excluding carboxylic acids is 1. The predicted molar refractivity (Wildman–Crippen MR) is 57.8 cm³/mol. The van der Waals surface area contributed by atoms with Crippen LogP contribution in [0.15, 0.2) is 0 Å². The lowest BCUT2D eigenvalue weighted by Gasteiger charge is -2.37. The zero-order chi connectivity index (χ0) is 10.9. The molecule has 2 heterocycles. The van der Waals surface area contributed by atoms with Crippen molar-refractivity contribution in [1.82, 2.24) is 9.80 Å². The molecular formula is C11H20N2O2. The van der Waals surface area contributed by atoms with Gasteiger partial charge < -0.3 is 14.5 Å². The minimum Gasteiger partial charge on any atom is -0.441 e. The fourth-order valence-corrected chi connectivity index (χ4v) is 2.55. The summed E-state index contributed by atoms with van der Waals surface area (Å²) in [5, 5.41) is 0. The van der Waals surface area contributed by atoms with E-state index in [-0.39, 0.29) is 11.7 Å². The molecule has 1 spiro atoms. The van der Waals surface area contributed by atoms with Crippen LogP contribution in [0.2, 0.25) is 0 Å². The SMILES string of the molecule is CCCN1CCC2(CC1)CN(C)C(=O)O2. The molecule has 0 aliphatic carbocycles. The van der Waals surface area contributed by atoms with E-state index in [9.17, 15) is 4.79 Å². The molecule has 86 valence electrons. The Bertz CT molecular complexity index is 247. The van der Waals surface area contributed by atoms with Gasteiger partial charge in [0.1, 0.15) is 5.60 Å². The molecule has 0 atom stereocenters. The van der Waals surface area contributed by atoms with E-state index in [1.165, 1.54) is 13.0 Å². The number of ether oxygens (including phenoxy) is 1. The van der Waals surface area contributed by atoms with Gasteiger partial charge in [0.2, 0.25) is 0 Å². The minimum absolute atomic E-state index is 0.154. The van der Waals surface area contributed by atoms with Gasteiger partial charge in [-0.2, -0.15) is 0 Å². The highest BCUT2D eigenvalue weighted by atomic mass is 16.6. The van der Waals surface area contributed by atoms with Crippen LogP contribution in [0.5, 0.6) is 0 Å². The highest BCUT2D eigenvalue weighted by molar-refractivity contribution is 5.70. The van der Waals surface area contributed by atoms with Crippen LogP contribution >= 0.6 is 0 Å². The second-order valence-electron chi connectivity index (χ2n) is 4.75. The summed E-state index contributed by atoms with van der Waals surface area (Å²) in [6, 6.07) is 0. The fourth-order valence-electron chi connectivity index (χ4n) is 2.55. The quantitative estimate of drug-likeness (QED) is 0.692. The van der Waals surface area contributed by atoms with Gasteiger partial charge in [-0.3, -0.25) is 0 Å². The molecule has 0 aromatic rings. The van der Waals surface area contributed by atoms with E-state index < -0.39 is 0 Å². The van der Waals surface area contributed by atoms with Crippen molar-refractivity contribution in [2.75, 3.05) is 33.2 Å². The largest absolute Gasteiger partial charge is 0.441 e. The third-order valence-electron chi connectivity index (χ3n) is 3.45. The Kier molecular flexibility index (Phi) is 2.87. The number of nitrogens with zero attached hydrogens (tertiary/aromatic N) is 2. The van der Waals surface area contributed by atoms with Crippen molar-refractivity contribution in [2.24, 2.45) is 0 Å². The number of piperidine rings is 1. The van der Waals surface area contributed by atoms with Gasteiger partial charge in [0.25, 0.3) is 0 Å². The predicted octanol–water partition coefficient (Wildman–Crippen LogP) is 1.31. The standard InChI is InChI=1S/C11H20N2O2/c1-3-6-13-7-4-11(5-8-13)9-12(2)10(14)15-11/h3-9H2,1-2H3. The molecule has 0 N–H and O–H groups in total. The van der Waals surface area contributed by atoms with Crippen molar-refractivity contribution in [3.05, 3.63) is 0 Å². The smallest absolute Gasteiger partial charge is 0.410 e. The van der Waals surface area contributed by atoms with Crippen LogP contribution in [0, 0.1) is 0 Å². The van der Waals surface area contributed by atoms with Crippen LogP contribution in [-0.2, 0) is 4.74 Å². The van der Waals surface area contributed by atoms with Crippen LogP contribution in [-0.4, -0.2) is 54.7 Å². The van der Waals surface area contributed by atoms with E-state index in [4.69, 9.17) is 4.74 Å². The molecule has 0 saturated carbocycles. The van der Waals surface area contributed by atoms with Crippen molar-refractivity contribution >= 4 is 6.09 Å². The molecule has 2 aliphatic rings. The van der Waals surface area contributed by atoms with Gasteiger partial charge in [-0.25, -0.2) is 4.79 Å². The summed E-state index contributed by atoms with van der Waals surface area (Å²) in [4.78, 5) is 15.5. The Morgan fingerprint density at radius 3 is 2.53 bits per heavy atom. The summed E-state index contributed by atoms with van der Waals surface area (Å²) in [6.07, 6.45) is 3.03. The average molecular weight is 212 g/mol. The summed E-state index contributed by atoms with van der Waals surface area (Å²) in [6.45, 7) is 6.27. The second kappa shape index (κ2) is 4.00. The van der Waals surface area contributed by atoms with Crippen molar-refractivity contribution in [3.63, 3.8) is 0 Å². The highest BCUT2D eigenvalue weighted by Crippen LogP contribution is 2.32. The number of rotatable bonds is 2. The first kappa shape index (κ1) is 10.7. The van der Waals surface area contributed by atoms with E-state index in [1.807, 2.05) is 7.05 Å². The Morgan fingerprint density at radius 1 is 1.40 bits per heavy atom. The lowest BCUT2D eigenvalue weighted by atomic mass is 9.91. The minimum atomic E-state index is -0.171. The van der Waals surface area contributed by atoms with Crippen molar-refractivity contribution in [2.45, 2.75) is 31.8 Å². The van der Waals surface area contributed by atoms with Crippen LogP contribution in [0.25, 0.3) is 0 Å². The third kappa shape index (κ3) is 2.09. The molecule has 4 nitrogen and oxygen atoms in total. The molecule has 0 aromatic carbocycles. The second-order valence-corrected chi connectivity index (χ2v) is 4.75. The molecule has 0 aromatic heterocycles. The first-order valence-corrected chi connectivity index (χ1v) is 5.82. The van der Waals surface area contributed by atoms with Gasteiger partial charge in [-0.1, -0.05) is 6.92 Å². The van der Waals surface area contributed by atoms with Crippen LogP contribution in [0.1, 0.15) is 26.2 Å². The molecule has 2 fully saturated rings. The summed E-state index contributed by atoms with van der Waals surface area (Å²) in [7, 11) is 1.81. The Morgan fingerprint density at radius 2 is 2.07 bits per heavy atom. The molecule has 0 unspecified atom stereocenters. The Labute approximate surface area is 91.2 Å². The van der Waals surface area contributed by atoms with E-state index in [1.54, 1.807) is 4.90 Å². The highest BCUT2D eigenvalue weighted by Gasteiger charge is 2.45. The van der Waals surface area contributed by atoms with Gasteiger partial charge in [0.15, 0.2) is 0 Å². The maximum Gasteiger partial charge on any atom is 0.410 e. The van der Waals surface area contributed by atoms with Gasteiger partial charge in [0.05, 0.1) is 6.54 Å². The fraction of sp³-hybridized carbons (Fsp3) is 0.909. The molecule has 1 amide bonds. The van der Waals surface area contributed by atoms with Gasteiger partial charge >= 0.3 is 6.09 Å². The van der Waals surface area contributed by atoms with Gasteiger partial charge in [0, 0.05) is 33.0 Å². The first-order chi connectivity index (χ1) is 7.15. The molecule has 0 radical (unpaired) electrons. The molecule has 4 heteroatoms. The normalized spacial score (nSPS) is 26.0. The summed E-state index contributed by atoms with van der Waals surface area (Å²) >= 11 is 0. The van der Waals surface area contributed by atoms with E-state index in [2.05, 4.69) is 11.8 Å². The summed E-state index contributed by atoms with van der Waals surface area (Å²) in [5.74, 6) is 0. The molecule has 2 saturated heterocycles. The van der Waals surface area contributed by atoms with Crippen molar-refractivity contribution < 1.29 is 9.53 Å². The number of hydrogen-bond donors (Lipinski definition) is 0. The lowest BCUT2D eigenvalue weighted by Crippen LogP contribution is -2.46. The van der Waals surface area contributed by atoms with Crippen molar-refractivity contribution in [3.8, 4) is 0 Å². The molecular weight excluding hydrogens is 192 g/mol. The monoisotopic (exact) mass is 212 g/mol. The summed E-state index contributed by atoms with van der Waals surface area (Å²) < 4.78 is 5.49. The Hall–Kier alpha value is -0.770. The van der Waals surface area contributed by atoms with Crippen molar-refractivity contribution in [1.29, 1.82) is 0 Å². The first-order valence-electron chi connectivity index (χ1n) is 5.82. The Balaban J connectivity index is 1.90. The number of likely N-dealkylation sites (N-methyl/N-ethyl adjacent to an activating group) is 1. The maximum atomic E-state index is 11.3. The summed E-state index contributed by atoms with van der Waals surface area (Å²) in [5.41, 5.74) is -0.171. The zero-order valence-corrected chi connectivity index (χ0v) is 9.66. The van der Waals surface area contributed by atoms with Gasteiger partial charge in [-0.05, 0) is 13.0 Å². The van der Waals surface area contributed by atoms with Crippen LogP contribution in [0.3, 0.4) is 0 Å². The van der Waals surface area contributed by atoms with E-state index in [0.717, 1.165) is 32.5 Å². The number of carbonyl (C=O) groups is 1.